The van der Waals surface area contributed by atoms with Crippen LogP contribution in [0.2, 0.25) is 0 Å². The number of amides is 3. The third-order valence-electron chi connectivity index (χ3n) is 14.8. The Labute approximate surface area is 486 Å². The molecule has 6 rings (SSSR count). The zero-order valence-electron chi connectivity index (χ0n) is 52.8. The van der Waals surface area contributed by atoms with E-state index in [1.54, 1.807) is 9.80 Å². The highest BCUT2D eigenvalue weighted by Crippen LogP contribution is 2.34. The van der Waals surface area contributed by atoms with Crippen molar-refractivity contribution in [3.63, 3.8) is 0 Å². The average molecular weight is 1120 g/mol. The van der Waals surface area contributed by atoms with Crippen LogP contribution in [0.15, 0.2) is 54.6 Å². The van der Waals surface area contributed by atoms with Gasteiger partial charge < -0.3 is 38.4 Å². The van der Waals surface area contributed by atoms with Crippen molar-refractivity contribution < 1.29 is 47.7 Å². The summed E-state index contributed by atoms with van der Waals surface area (Å²) in [6.07, 6.45) is 4.12. The highest BCUT2D eigenvalue weighted by atomic mass is 16.6. The summed E-state index contributed by atoms with van der Waals surface area (Å²) in [6.45, 7) is 39.8. The first-order valence-corrected chi connectivity index (χ1v) is 29.8. The number of esters is 2. The van der Waals surface area contributed by atoms with E-state index in [1.165, 1.54) is 16.7 Å². The molecule has 3 aromatic carbocycles. The van der Waals surface area contributed by atoms with Gasteiger partial charge in [0, 0.05) is 58.9 Å². The Bertz CT molecular complexity index is 2550. The minimum atomic E-state index is -0.683. The Hall–Kier alpha value is -5.63. The number of nitrogens with zero attached hydrogens (tertiary/aromatic N) is 4. The molecule has 14 nitrogen and oxygen atoms in total. The van der Waals surface area contributed by atoms with Crippen molar-refractivity contribution in [2.75, 3.05) is 39.3 Å². The second-order valence-corrected chi connectivity index (χ2v) is 28.9. The Kier molecular flexibility index (Phi) is 21.0. The molecule has 0 radical (unpaired) electrons. The Balaban J connectivity index is 1.30. The van der Waals surface area contributed by atoms with Gasteiger partial charge in [-0.05, 0) is 221 Å². The van der Waals surface area contributed by atoms with E-state index < -0.39 is 39.8 Å². The number of rotatable bonds is 17. The minimum absolute atomic E-state index is 0.107. The van der Waals surface area contributed by atoms with Gasteiger partial charge in [-0.3, -0.25) is 14.5 Å². The van der Waals surface area contributed by atoms with Crippen LogP contribution in [0, 0.1) is 50.4 Å². The number of carbonyl (C=O) groups is 5. The van der Waals surface area contributed by atoms with Crippen molar-refractivity contribution in [1.82, 2.24) is 19.6 Å². The third-order valence-corrected chi connectivity index (χ3v) is 14.8. The van der Waals surface area contributed by atoms with E-state index in [9.17, 15) is 24.0 Å². The molecule has 0 saturated carbocycles. The molecule has 0 spiro atoms. The lowest BCUT2D eigenvalue weighted by atomic mass is 9.85. The van der Waals surface area contributed by atoms with Crippen molar-refractivity contribution in [2.24, 2.45) is 29.6 Å². The maximum atomic E-state index is 14.2. The van der Waals surface area contributed by atoms with Crippen LogP contribution >= 0.6 is 0 Å². The zero-order valence-corrected chi connectivity index (χ0v) is 52.8. The quantitative estimate of drug-likeness (QED) is 0.0941. The summed E-state index contributed by atoms with van der Waals surface area (Å²) in [5, 5.41) is 0. The van der Waals surface area contributed by atoms with Crippen LogP contribution in [0.1, 0.15) is 180 Å². The summed E-state index contributed by atoms with van der Waals surface area (Å²) in [7, 11) is 0. The number of likely N-dealkylation sites (tertiary alicyclic amines) is 3. The van der Waals surface area contributed by atoms with E-state index in [0.717, 1.165) is 52.6 Å². The molecule has 0 aliphatic carbocycles. The summed E-state index contributed by atoms with van der Waals surface area (Å²) >= 11 is 0. The average Bonchev–Trinajstić information content (AvgIpc) is 4.09. The van der Waals surface area contributed by atoms with Gasteiger partial charge in [0.25, 0.3) is 0 Å². The second-order valence-electron chi connectivity index (χ2n) is 28.9. The number of hydrogen-bond donors (Lipinski definition) is 0. The van der Waals surface area contributed by atoms with Gasteiger partial charge in [0.05, 0.1) is 11.8 Å². The number of hydrogen-bond acceptors (Lipinski definition) is 11. The molecule has 5 atom stereocenters. The van der Waals surface area contributed by atoms with Gasteiger partial charge >= 0.3 is 30.2 Å². The predicted molar refractivity (Wildman–Crippen MR) is 319 cm³/mol. The van der Waals surface area contributed by atoms with Gasteiger partial charge in [0.15, 0.2) is 0 Å². The first-order valence-electron chi connectivity index (χ1n) is 29.8. The van der Waals surface area contributed by atoms with Gasteiger partial charge in [0.1, 0.15) is 28.0 Å². The fraction of sp³-hybridized carbons (Fsp3) is 0.657. The Morgan fingerprint density at radius 2 is 0.741 bits per heavy atom. The predicted octanol–water partition coefficient (Wildman–Crippen LogP) is 13.5. The molecule has 0 bridgehead atoms. The monoisotopic (exact) mass is 1120 g/mol. The van der Waals surface area contributed by atoms with Gasteiger partial charge in [-0.1, -0.05) is 71.3 Å². The van der Waals surface area contributed by atoms with Crippen molar-refractivity contribution in [2.45, 2.75) is 217 Å². The molecule has 0 unspecified atom stereocenters. The van der Waals surface area contributed by atoms with E-state index in [2.05, 4.69) is 80.3 Å². The van der Waals surface area contributed by atoms with Crippen LogP contribution in [0.3, 0.4) is 0 Å². The maximum absolute atomic E-state index is 14.2. The molecule has 448 valence electrons. The molecule has 3 heterocycles. The summed E-state index contributed by atoms with van der Waals surface area (Å²) < 4.78 is 29.4. The summed E-state index contributed by atoms with van der Waals surface area (Å²) in [5.41, 5.74) is 6.99. The highest BCUT2D eigenvalue weighted by molar-refractivity contribution is 5.75. The van der Waals surface area contributed by atoms with E-state index in [1.807, 2.05) is 109 Å². The largest absolute Gasteiger partial charge is 0.460 e. The number of carbonyl (C=O) groups excluding carboxylic acids is 5. The molecule has 14 heteroatoms. The lowest BCUT2D eigenvalue weighted by Crippen LogP contribution is -2.38. The molecule has 0 aromatic heterocycles. The van der Waals surface area contributed by atoms with Gasteiger partial charge in [-0.15, -0.1) is 0 Å². The molecule has 81 heavy (non-hydrogen) atoms. The Morgan fingerprint density at radius 1 is 0.432 bits per heavy atom. The number of ether oxygens (including phenoxy) is 5. The second kappa shape index (κ2) is 26.3. The van der Waals surface area contributed by atoms with Crippen LogP contribution in [-0.4, -0.2) is 117 Å². The van der Waals surface area contributed by atoms with Gasteiger partial charge in [-0.2, -0.15) is 0 Å². The Morgan fingerprint density at radius 3 is 1.10 bits per heavy atom. The van der Waals surface area contributed by atoms with E-state index in [-0.39, 0.29) is 42.1 Å². The normalized spacial score (nSPS) is 19.0. The van der Waals surface area contributed by atoms with E-state index >= 15 is 0 Å². The first-order chi connectivity index (χ1) is 37.4. The molecule has 3 aliphatic rings. The molecule has 3 aromatic rings. The van der Waals surface area contributed by atoms with Crippen molar-refractivity contribution in [1.29, 1.82) is 0 Å². The van der Waals surface area contributed by atoms with Crippen molar-refractivity contribution >= 4 is 30.2 Å². The van der Waals surface area contributed by atoms with E-state index in [4.69, 9.17) is 23.7 Å². The van der Waals surface area contributed by atoms with Crippen molar-refractivity contribution in [3.8, 4) is 0 Å². The molecule has 3 saturated heterocycles. The minimum Gasteiger partial charge on any atom is -0.460 e. The number of aryl methyl sites for hydroxylation is 4. The summed E-state index contributed by atoms with van der Waals surface area (Å²) in [6, 6.07) is 20.2. The fourth-order valence-corrected chi connectivity index (χ4v) is 11.7. The topological polar surface area (TPSA) is 144 Å². The number of benzene rings is 3. The first kappa shape index (κ1) is 64.5. The zero-order chi connectivity index (χ0) is 60.0. The van der Waals surface area contributed by atoms with Crippen molar-refractivity contribution in [3.05, 3.63) is 105 Å². The summed E-state index contributed by atoms with van der Waals surface area (Å²) in [4.78, 5) is 75.6. The standard InChI is InChI=1S/C67H100N4O10/c1-44-27-48(20-19-47-21-24-69(41-47)60(74)79-65(10,11)12)33-51(30-44)38-68(39-52-31-45(2)28-49(34-52)36-56(58(72)77-63(4,5)6)54-22-25-70(42-54)61(75)80-66(13,14)15)40-53-32-46(3)29-50(35-53)37-57(59(73)78-64(7,8)9)55-23-26-71(43-55)62(76)81-67(16,17)18/h27-35,47,54-57H,19-26,36-43H2,1-18H3/t47-,54-,55-,56-,57-/m0/s1. The van der Waals surface area contributed by atoms with Crippen LogP contribution < -0.4 is 0 Å². The van der Waals surface area contributed by atoms with Crippen LogP contribution in [0.4, 0.5) is 14.4 Å². The van der Waals surface area contributed by atoms with Crippen LogP contribution in [-0.2, 0) is 72.2 Å². The van der Waals surface area contributed by atoms with E-state index in [0.29, 0.717) is 90.5 Å². The third kappa shape index (κ3) is 21.3. The fourth-order valence-electron chi connectivity index (χ4n) is 11.7. The lowest BCUT2D eigenvalue weighted by Gasteiger charge is -2.29. The molecule has 3 fully saturated rings. The molecule has 3 aliphatic heterocycles. The molecular weight excluding hydrogens is 1020 g/mol. The smallest absolute Gasteiger partial charge is 0.410 e. The van der Waals surface area contributed by atoms with Gasteiger partial charge in [-0.25, -0.2) is 14.4 Å². The van der Waals surface area contributed by atoms with Gasteiger partial charge in [0.2, 0.25) is 0 Å². The molecule has 0 N–H and O–H groups in total. The molecular formula is C67H100N4O10. The summed E-state index contributed by atoms with van der Waals surface area (Å²) in [5.74, 6) is -1.29. The van der Waals surface area contributed by atoms with Crippen LogP contribution in [0.25, 0.3) is 0 Å². The maximum Gasteiger partial charge on any atom is 0.410 e. The lowest BCUT2D eigenvalue weighted by molar-refractivity contribution is -0.163. The SMILES string of the molecule is Cc1cc(CC[C@H]2CCN(C(=O)OC(C)(C)C)C2)cc(CN(Cc2cc(C)cc(C[C@H](C(=O)OC(C)(C)C)[C@H]3CCN(C(=O)OC(C)(C)C)C3)c2)Cc2cc(C)cc(C[C@H](C(=O)OC(C)(C)C)[C@H]3CCN(C(=O)OC(C)(C)C)C3)c2)c1. The van der Waals surface area contributed by atoms with Crippen LogP contribution in [0.5, 0.6) is 0 Å². The highest BCUT2D eigenvalue weighted by Gasteiger charge is 2.41. The molecule has 3 amide bonds.